The fraction of sp³-hybridized carbons (Fsp3) is 0.471. The largest absolute Gasteiger partial charge is 0.339 e. The molecule has 130 valence electrons. The van der Waals surface area contributed by atoms with Crippen LogP contribution in [0.3, 0.4) is 0 Å². The van der Waals surface area contributed by atoms with Crippen molar-refractivity contribution in [3.05, 3.63) is 36.4 Å². The molecule has 1 amide bonds. The average molecular weight is 339 g/mol. The van der Waals surface area contributed by atoms with Crippen molar-refractivity contribution < 1.29 is 4.79 Å². The van der Waals surface area contributed by atoms with E-state index in [1.807, 2.05) is 11.0 Å². The van der Waals surface area contributed by atoms with Crippen molar-refractivity contribution in [3.63, 3.8) is 0 Å². The van der Waals surface area contributed by atoms with Crippen molar-refractivity contribution in [1.29, 1.82) is 0 Å². The van der Waals surface area contributed by atoms with E-state index < -0.39 is 0 Å². The third-order valence-electron chi connectivity index (χ3n) is 4.68. The van der Waals surface area contributed by atoms with Crippen LogP contribution >= 0.6 is 0 Å². The van der Waals surface area contributed by atoms with Crippen molar-refractivity contribution in [3.8, 4) is 0 Å². The summed E-state index contributed by atoms with van der Waals surface area (Å²) in [5.41, 5.74) is 0.571. The van der Waals surface area contributed by atoms with E-state index in [0.29, 0.717) is 11.5 Å². The molecule has 2 saturated heterocycles. The third kappa shape index (κ3) is 3.38. The molecular formula is C17H21N7O. The normalized spacial score (nSPS) is 17.8. The Hall–Kier alpha value is -2.77. The van der Waals surface area contributed by atoms with Gasteiger partial charge >= 0.3 is 0 Å². The molecule has 0 atom stereocenters. The maximum absolute atomic E-state index is 12.3. The lowest BCUT2D eigenvalue weighted by atomic mass is 10.3. The van der Waals surface area contributed by atoms with Crippen LogP contribution in [-0.4, -0.2) is 70.0 Å². The molecule has 0 saturated carbocycles. The summed E-state index contributed by atoms with van der Waals surface area (Å²) in [7, 11) is 0. The monoisotopic (exact) mass is 339 g/mol. The van der Waals surface area contributed by atoms with E-state index in [1.165, 1.54) is 0 Å². The molecule has 0 aromatic carbocycles. The zero-order valence-electron chi connectivity index (χ0n) is 14.1. The first-order valence-corrected chi connectivity index (χ1v) is 8.69. The van der Waals surface area contributed by atoms with Crippen LogP contribution in [0, 0.1) is 0 Å². The molecule has 25 heavy (non-hydrogen) atoms. The highest BCUT2D eigenvalue weighted by Crippen LogP contribution is 2.16. The fourth-order valence-corrected chi connectivity index (χ4v) is 3.26. The van der Waals surface area contributed by atoms with Crippen LogP contribution in [0.2, 0.25) is 0 Å². The van der Waals surface area contributed by atoms with Crippen LogP contribution in [0.1, 0.15) is 23.2 Å². The molecule has 0 N–H and O–H groups in total. The second-order valence-electron chi connectivity index (χ2n) is 6.29. The Labute approximate surface area is 146 Å². The van der Waals surface area contributed by atoms with Gasteiger partial charge in [-0.15, -0.1) is 0 Å². The highest BCUT2D eigenvalue weighted by molar-refractivity contribution is 5.93. The molecule has 2 aliphatic heterocycles. The van der Waals surface area contributed by atoms with Gasteiger partial charge in [-0.3, -0.25) is 4.79 Å². The average Bonchev–Trinajstić information content (AvgIpc) is 3.23. The molecule has 2 aromatic heterocycles. The lowest BCUT2D eigenvalue weighted by Gasteiger charge is -2.34. The van der Waals surface area contributed by atoms with Gasteiger partial charge in [0.2, 0.25) is 11.9 Å². The molecule has 2 aliphatic rings. The van der Waals surface area contributed by atoms with E-state index in [9.17, 15) is 4.79 Å². The molecule has 0 unspecified atom stereocenters. The molecular weight excluding hydrogens is 318 g/mol. The van der Waals surface area contributed by atoms with Gasteiger partial charge in [0.05, 0.1) is 5.56 Å². The van der Waals surface area contributed by atoms with Gasteiger partial charge in [0.25, 0.3) is 5.91 Å². The van der Waals surface area contributed by atoms with E-state index in [1.54, 1.807) is 24.8 Å². The summed E-state index contributed by atoms with van der Waals surface area (Å²) in [6.07, 6.45) is 8.98. The number of hydrogen-bond acceptors (Lipinski definition) is 7. The lowest BCUT2D eigenvalue weighted by molar-refractivity contribution is 0.0792. The quantitative estimate of drug-likeness (QED) is 0.819. The predicted molar refractivity (Wildman–Crippen MR) is 93.6 cm³/mol. The second-order valence-corrected chi connectivity index (χ2v) is 6.29. The highest BCUT2D eigenvalue weighted by Gasteiger charge is 2.22. The number of anilines is 2. The zero-order valence-corrected chi connectivity index (χ0v) is 14.1. The van der Waals surface area contributed by atoms with Crippen LogP contribution in [0.5, 0.6) is 0 Å². The van der Waals surface area contributed by atoms with E-state index in [-0.39, 0.29) is 5.91 Å². The Morgan fingerprint density at radius 3 is 1.84 bits per heavy atom. The Morgan fingerprint density at radius 1 is 0.760 bits per heavy atom. The van der Waals surface area contributed by atoms with Gasteiger partial charge in [-0.25, -0.2) is 19.9 Å². The number of likely N-dealkylation sites (tertiary alicyclic amines) is 1. The van der Waals surface area contributed by atoms with Gasteiger partial charge in [-0.05, 0) is 18.9 Å². The number of piperazine rings is 1. The number of nitrogens with zero attached hydrogens (tertiary/aromatic N) is 7. The second kappa shape index (κ2) is 7.00. The van der Waals surface area contributed by atoms with Gasteiger partial charge in [-0.1, -0.05) is 0 Å². The molecule has 4 rings (SSSR count). The Morgan fingerprint density at radius 2 is 1.28 bits per heavy atom. The Bertz CT molecular complexity index is 708. The van der Waals surface area contributed by atoms with Gasteiger partial charge in [-0.2, -0.15) is 0 Å². The van der Waals surface area contributed by atoms with Gasteiger partial charge in [0.1, 0.15) is 0 Å². The summed E-state index contributed by atoms with van der Waals surface area (Å²) in [5, 5.41) is 0. The van der Waals surface area contributed by atoms with Crippen LogP contribution in [0.4, 0.5) is 11.9 Å². The number of aromatic nitrogens is 4. The number of carbonyl (C=O) groups is 1. The Kier molecular flexibility index (Phi) is 4.41. The zero-order chi connectivity index (χ0) is 17.1. The topological polar surface area (TPSA) is 78.4 Å². The summed E-state index contributed by atoms with van der Waals surface area (Å²) in [6, 6.07) is 1.82. The Balaban J connectivity index is 1.37. The van der Waals surface area contributed by atoms with Crippen molar-refractivity contribution in [1.82, 2.24) is 24.8 Å². The number of rotatable bonds is 3. The van der Waals surface area contributed by atoms with Crippen LogP contribution in [-0.2, 0) is 0 Å². The summed E-state index contributed by atoms with van der Waals surface area (Å²) in [4.78, 5) is 35.9. The molecule has 0 bridgehead atoms. The molecule has 8 heteroatoms. The third-order valence-corrected chi connectivity index (χ3v) is 4.68. The van der Waals surface area contributed by atoms with E-state index in [2.05, 4.69) is 29.7 Å². The van der Waals surface area contributed by atoms with E-state index in [4.69, 9.17) is 0 Å². The van der Waals surface area contributed by atoms with Crippen molar-refractivity contribution in [2.45, 2.75) is 12.8 Å². The van der Waals surface area contributed by atoms with E-state index in [0.717, 1.165) is 58.1 Å². The molecule has 4 heterocycles. The van der Waals surface area contributed by atoms with E-state index >= 15 is 0 Å². The lowest BCUT2D eigenvalue weighted by Crippen LogP contribution is -2.47. The summed E-state index contributed by atoms with van der Waals surface area (Å²) in [5.74, 6) is 1.47. The number of carbonyl (C=O) groups excluding carboxylic acids is 1. The van der Waals surface area contributed by atoms with Gasteiger partial charge in [0, 0.05) is 64.1 Å². The minimum atomic E-state index is 0.0371. The van der Waals surface area contributed by atoms with Gasteiger partial charge in [0.15, 0.2) is 0 Å². The smallest absolute Gasteiger partial charge is 0.256 e. The van der Waals surface area contributed by atoms with Crippen LogP contribution in [0.15, 0.2) is 30.9 Å². The van der Waals surface area contributed by atoms with Crippen molar-refractivity contribution in [2.75, 3.05) is 49.1 Å². The molecule has 8 nitrogen and oxygen atoms in total. The summed E-state index contributed by atoms with van der Waals surface area (Å²) >= 11 is 0. The van der Waals surface area contributed by atoms with Gasteiger partial charge < -0.3 is 14.7 Å². The number of amides is 1. The first kappa shape index (κ1) is 15.7. The maximum atomic E-state index is 12.3. The molecule has 0 spiro atoms. The standard InChI is InChI=1S/C17H21N7O/c25-15(22-6-1-2-7-22)14-12-20-17(21-13-14)24-10-8-23(9-11-24)16-18-4-3-5-19-16/h3-5,12-13H,1-2,6-11H2. The first-order valence-electron chi connectivity index (χ1n) is 8.69. The minimum absolute atomic E-state index is 0.0371. The summed E-state index contributed by atoms with van der Waals surface area (Å²) < 4.78 is 0. The molecule has 2 aromatic rings. The SMILES string of the molecule is O=C(c1cnc(N2CCN(c3ncccn3)CC2)nc1)N1CCCC1. The fourth-order valence-electron chi connectivity index (χ4n) is 3.26. The maximum Gasteiger partial charge on any atom is 0.256 e. The molecule has 0 radical (unpaired) electrons. The van der Waals surface area contributed by atoms with Crippen LogP contribution in [0.25, 0.3) is 0 Å². The molecule has 2 fully saturated rings. The predicted octanol–water partition coefficient (Wildman–Crippen LogP) is 0.829. The van der Waals surface area contributed by atoms with Crippen LogP contribution < -0.4 is 9.80 Å². The van der Waals surface area contributed by atoms with Crippen molar-refractivity contribution in [2.24, 2.45) is 0 Å². The minimum Gasteiger partial charge on any atom is -0.339 e. The highest BCUT2D eigenvalue weighted by atomic mass is 16.2. The number of hydrogen-bond donors (Lipinski definition) is 0. The van der Waals surface area contributed by atoms with Crippen molar-refractivity contribution >= 4 is 17.8 Å². The first-order chi connectivity index (χ1) is 12.3. The summed E-state index contributed by atoms with van der Waals surface area (Å²) in [6.45, 7) is 4.92. The molecule has 0 aliphatic carbocycles.